The monoisotopic (exact) mass is 222 g/mol. The van der Waals surface area contributed by atoms with Gasteiger partial charge >= 0.3 is 5.92 Å². The van der Waals surface area contributed by atoms with Gasteiger partial charge in [-0.2, -0.15) is 8.78 Å². The molecule has 0 radical (unpaired) electrons. The third kappa shape index (κ3) is 1.90. The van der Waals surface area contributed by atoms with Crippen LogP contribution in [0.15, 0.2) is 18.2 Å². The van der Waals surface area contributed by atoms with Gasteiger partial charge in [-0.15, -0.1) is 0 Å². The van der Waals surface area contributed by atoms with Gasteiger partial charge in [-0.25, -0.2) is 4.39 Å². The van der Waals surface area contributed by atoms with Gasteiger partial charge < -0.3 is 0 Å². The highest BCUT2D eigenvalue weighted by molar-refractivity contribution is 6.30. The van der Waals surface area contributed by atoms with Gasteiger partial charge in [0.05, 0.1) is 5.56 Å². The number of halogens is 4. The normalized spacial score (nSPS) is 11.5. The van der Waals surface area contributed by atoms with E-state index in [1.165, 1.54) is 0 Å². The Bertz CT molecular complexity index is 376. The summed E-state index contributed by atoms with van der Waals surface area (Å²) < 4.78 is 39.1. The quantitative estimate of drug-likeness (QED) is 0.751. The predicted molar refractivity (Wildman–Crippen MR) is 46.0 cm³/mol. The van der Waals surface area contributed by atoms with E-state index < -0.39 is 23.1 Å². The molecule has 0 unspecified atom stereocenters. The van der Waals surface area contributed by atoms with E-state index in [4.69, 9.17) is 11.6 Å². The molecule has 1 aromatic rings. The van der Waals surface area contributed by atoms with Gasteiger partial charge in [-0.3, -0.25) is 4.79 Å². The van der Waals surface area contributed by atoms with Crippen molar-refractivity contribution in [2.75, 3.05) is 0 Å². The zero-order valence-electron chi connectivity index (χ0n) is 7.15. The number of carbonyl (C=O) groups excluding carboxylic acids is 1. The molecule has 1 nitrogen and oxygen atoms in total. The van der Waals surface area contributed by atoms with Crippen LogP contribution >= 0.6 is 11.6 Å². The summed E-state index contributed by atoms with van der Waals surface area (Å²) >= 11 is 5.38. The average molecular weight is 223 g/mol. The minimum absolute atomic E-state index is 0.00519. The van der Waals surface area contributed by atoms with E-state index in [9.17, 15) is 18.0 Å². The Morgan fingerprint density at radius 3 is 2.43 bits per heavy atom. The molecule has 1 rings (SSSR count). The molecule has 0 saturated heterocycles. The van der Waals surface area contributed by atoms with E-state index >= 15 is 0 Å². The Balaban J connectivity index is 3.26. The molecule has 0 amide bonds. The predicted octanol–water partition coefficient (Wildman–Crippen LogP) is 3.16. The van der Waals surface area contributed by atoms with E-state index in [1.807, 2.05) is 0 Å². The minimum atomic E-state index is -3.80. The maximum atomic E-state index is 13.0. The molecule has 0 aliphatic heterocycles. The van der Waals surface area contributed by atoms with Gasteiger partial charge in [0.1, 0.15) is 5.82 Å². The summed E-state index contributed by atoms with van der Waals surface area (Å²) in [5.41, 5.74) is -0.950. The van der Waals surface area contributed by atoms with Crippen LogP contribution in [0.2, 0.25) is 5.02 Å². The van der Waals surface area contributed by atoms with E-state index in [0.29, 0.717) is 6.92 Å². The molecule has 0 N–H and O–H groups in total. The van der Waals surface area contributed by atoms with Gasteiger partial charge in [0.15, 0.2) is 0 Å². The van der Waals surface area contributed by atoms with Gasteiger partial charge in [0, 0.05) is 11.9 Å². The van der Waals surface area contributed by atoms with Crippen molar-refractivity contribution in [2.24, 2.45) is 0 Å². The second kappa shape index (κ2) is 3.61. The fraction of sp³-hybridized carbons (Fsp3) is 0.222. The molecule has 0 aromatic heterocycles. The van der Waals surface area contributed by atoms with Crippen LogP contribution in [0.4, 0.5) is 13.2 Å². The summed E-state index contributed by atoms with van der Waals surface area (Å²) in [6, 6.07) is 2.66. The summed E-state index contributed by atoms with van der Waals surface area (Å²) in [6.45, 7) is 0.702. The molecule has 0 atom stereocenters. The number of Topliss-reactive ketones (excluding diaryl/α,β-unsaturated/α-hetero) is 1. The van der Waals surface area contributed by atoms with Gasteiger partial charge in [-0.1, -0.05) is 11.6 Å². The Kier molecular flexibility index (Phi) is 2.85. The summed E-state index contributed by atoms with van der Waals surface area (Å²) in [5, 5.41) is 0.00519. The van der Waals surface area contributed by atoms with Crippen molar-refractivity contribution < 1.29 is 18.0 Å². The Morgan fingerprint density at radius 2 is 2.00 bits per heavy atom. The molecule has 0 fully saturated rings. The molecule has 14 heavy (non-hydrogen) atoms. The van der Waals surface area contributed by atoms with Crippen LogP contribution < -0.4 is 0 Å². The van der Waals surface area contributed by atoms with Crippen LogP contribution in [0.1, 0.15) is 12.5 Å². The highest BCUT2D eigenvalue weighted by Crippen LogP contribution is 2.31. The van der Waals surface area contributed by atoms with E-state index in [0.717, 1.165) is 18.2 Å². The lowest BCUT2D eigenvalue weighted by Gasteiger charge is -2.13. The van der Waals surface area contributed by atoms with Crippen molar-refractivity contribution in [3.8, 4) is 0 Å². The number of rotatable bonds is 2. The lowest BCUT2D eigenvalue weighted by Crippen LogP contribution is -2.24. The van der Waals surface area contributed by atoms with Gasteiger partial charge in [-0.05, 0) is 18.2 Å². The summed E-state index contributed by atoms with van der Waals surface area (Å²) in [6.07, 6.45) is 0. The third-order valence-corrected chi connectivity index (χ3v) is 1.95. The van der Waals surface area contributed by atoms with Crippen LogP contribution in [0.3, 0.4) is 0 Å². The van der Waals surface area contributed by atoms with Gasteiger partial charge in [0.2, 0.25) is 5.78 Å². The van der Waals surface area contributed by atoms with E-state index in [-0.39, 0.29) is 5.02 Å². The second-order valence-corrected chi connectivity index (χ2v) is 3.19. The highest BCUT2D eigenvalue weighted by atomic mass is 35.5. The number of hydrogen-bond donors (Lipinski definition) is 0. The lowest BCUT2D eigenvalue weighted by molar-refractivity contribution is -0.142. The maximum absolute atomic E-state index is 13.0. The van der Waals surface area contributed by atoms with Crippen LogP contribution in [0.25, 0.3) is 0 Å². The second-order valence-electron chi connectivity index (χ2n) is 2.75. The smallest absolute Gasteiger partial charge is 0.293 e. The highest BCUT2D eigenvalue weighted by Gasteiger charge is 2.39. The molecule has 0 bridgehead atoms. The molecule has 0 spiro atoms. The van der Waals surface area contributed by atoms with Crippen molar-refractivity contribution in [3.05, 3.63) is 34.6 Å². The van der Waals surface area contributed by atoms with Crippen LogP contribution in [-0.2, 0) is 10.7 Å². The Morgan fingerprint density at radius 1 is 1.43 bits per heavy atom. The Labute approximate surface area is 83.5 Å². The molecule has 1 aromatic carbocycles. The number of alkyl halides is 2. The van der Waals surface area contributed by atoms with Crippen LogP contribution in [0, 0.1) is 5.82 Å². The van der Waals surface area contributed by atoms with E-state index in [2.05, 4.69) is 0 Å². The first kappa shape index (κ1) is 11.0. The van der Waals surface area contributed by atoms with Crippen molar-refractivity contribution in [1.82, 2.24) is 0 Å². The minimum Gasteiger partial charge on any atom is -0.293 e. The third-order valence-electron chi connectivity index (χ3n) is 1.71. The van der Waals surface area contributed by atoms with Gasteiger partial charge in [0.25, 0.3) is 0 Å². The van der Waals surface area contributed by atoms with Crippen molar-refractivity contribution in [2.45, 2.75) is 12.8 Å². The SMILES string of the molecule is CC(=O)C(F)(F)c1ccc(Cl)cc1F. The summed E-state index contributed by atoms with van der Waals surface area (Å²) in [5.74, 6) is -6.38. The van der Waals surface area contributed by atoms with Crippen molar-refractivity contribution >= 4 is 17.4 Å². The number of carbonyl (C=O) groups is 1. The number of hydrogen-bond acceptors (Lipinski definition) is 1. The summed E-state index contributed by atoms with van der Waals surface area (Å²) in [4.78, 5) is 10.6. The Hall–Kier alpha value is -1.03. The zero-order valence-corrected chi connectivity index (χ0v) is 7.91. The fourth-order valence-corrected chi connectivity index (χ4v) is 1.09. The molecule has 76 valence electrons. The lowest BCUT2D eigenvalue weighted by atomic mass is 10.1. The standard InChI is InChI=1S/C9H6ClF3O/c1-5(14)9(12,13)7-3-2-6(10)4-8(7)11/h2-4H,1H3. The topological polar surface area (TPSA) is 17.1 Å². The number of ketones is 1. The van der Waals surface area contributed by atoms with Crippen LogP contribution in [-0.4, -0.2) is 5.78 Å². The zero-order chi connectivity index (χ0) is 10.9. The first-order chi connectivity index (χ1) is 6.35. The first-order valence-electron chi connectivity index (χ1n) is 3.70. The molecule has 0 heterocycles. The molecule has 0 aliphatic carbocycles. The molecule has 0 aliphatic rings. The van der Waals surface area contributed by atoms with Crippen molar-refractivity contribution in [1.29, 1.82) is 0 Å². The largest absolute Gasteiger partial charge is 0.332 e. The molecular weight excluding hydrogens is 217 g/mol. The molecule has 0 saturated carbocycles. The first-order valence-corrected chi connectivity index (χ1v) is 4.08. The summed E-state index contributed by atoms with van der Waals surface area (Å²) in [7, 11) is 0. The van der Waals surface area contributed by atoms with Crippen LogP contribution in [0.5, 0.6) is 0 Å². The molecule has 5 heteroatoms. The number of benzene rings is 1. The average Bonchev–Trinajstić information content (AvgIpc) is 2.02. The maximum Gasteiger partial charge on any atom is 0.332 e. The van der Waals surface area contributed by atoms with Crippen molar-refractivity contribution in [3.63, 3.8) is 0 Å². The van der Waals surface area contributed by atoms with E-state index in [1.54, 1.807) is 0 Å². The fourth-order valence-electron chi connectivity index (χ4n) is 0.934. The molecular formula is C9H6ClF3O.